The van der Waals surface area contributed by atoms with E-state index >= 15 is 4.39 Å². The third kappa shape index (κ3) is 4.55. The summed E-state index contributed by atoms with van der Waals surface area (Å²) in [5.74, 6) is -3.22. The van der Waals surface area contributed by atoms with Crippen LogP contribution < -0.4 is 4.72 Å². The maximum atomic E-state index is 15.2. The van der Waals surface area contributed by atoms with Crippen LogP contribution in [-0.2, 0) is 26.4 Å². The number of hydrogen-bond donors (Lipinski definition) is 1. The third-order valence-corrected chi connectivity index (χ3v) is 8.56. The molecule has 7 nitrogen and oxygen atoms in total. The van der Waals surface area contributed by atoms with Gasteiger partial charge in [0, 0.05) is 22.3 Å². The molecule has 1 aliphatic rings. The number of hydrogen-bond acceptors (Lipinski definition) is 6. The van der Waals surface area contributed by atoms with E-state index in [9.17, 15) is 21.2 Å². The van der Waals surface area contributed by atoms with E-state index in [1.807, 2.05) is 4.72 Å². The quantitative estimate of drug-likeness (QED) is 0.507. The van der Waals surface area contributed by atoms with Crippen LogP contribution in [0, 0.1) is 11.6 Å². The molecule has 1 aliphatic heterocycles. The zero-order chi connectivity index (χ0) is 24.7. The average Bonchev–Trinajstić information content (AvgIpc) is 3.20. The Balaban J connectivity index is 1.78. The highest BCUT2D eigenvalue weighted by atomic mass is 35.5. The van der Waals surface area contributed by atoms with Crippen LogP contribution in [0.4, 0.5) is 14.5 Å². The van der Waals surface area contributed by atoms with E-state index in [1.165, 1.54) is 12.3 Å². The van der Waals surface area contributed by atoms with Crippen molar-refractivity contribution in [3.05, 3.63) is 76.6 Å². The fourth-order valence-electron chi connectivity index (χ4n) is 3.51. The minimum absolute atomic E-state index is 0.0865. The van der Waals surface area contributed by atoms with E-state index in [-0.39, 0.29) is 24.3 Å². The second kappa shape index (κ2) is 9.05. The summed E-state index contributed by atoms with van der Waals surface area (Å²) in [7, 11) is -8.75. The minimum Gasteiger partial charge on any atom is -0.281 e. The van der Waals surface area contributed by atoms with Crippen molar-refractivity contribution in [3.8, 4) is 11.1 Å². The van der Waals surface area contributed by atoms with Gasteiger partial charge in [0.2, 0.25) is 19.9 Å². The molecule has 1 N–H and O–H groups in total. The number of anilines is 1. The number of sulfonamides is 1. The van der Waals surface area contributed by atoms with Crippen LogP contribution in [0.3, 0.4) is 0 Å². The van der Waals surface area contributed by atoms with Crippen LogP contribution >= 0.6 is 11.6 Å². The van der Waals surface area contributed by atoms with Crippen molar-refractivity contribution in [1.82, 2.24) is 4.98 Å². The highest BCUT2D eigenvalue weighted by Gasteiger charge is 2.36. The van der Waals surface area contributed by atoms with Gasteiger partial charge in [-0.3, -0.25) is 14.7 Å². The minimum atomic E-state index is -4.81. The number of aromatic nitrogens is 1. The molecule has 2 heterocycles. The number of sulfone groups is 1. The van der Waals surface area contributed by atoms with Gasteiger partial charge >= 0.3 is 0 Å². The first kappa shape index (κ1) is 24.2. The Morgan fingerprint density at radius 2 is 1.74 bits per heavy atom. The monoisotopic (exact) mass is 525 g/mol. The first-order valence-corrected chi connectivity index (χ1v) is 13.6. The summed E-state index contributed by atoms with van der Waals surface area (Å²) >= 11 is 5.92. The number of halogens is 3. The molecule has 0 saturated carbocycles. The van der Waals surface area contributed by atoms with Crippen LogP contribution in [0.2, 0.25) is 5.02 Å². The average molecular weight is 526 g/mol. The molecule has 0 saturated heterocycles. The van der Waals surface area contributed by atoms with Crippen LogP contribution in [-0.4, -0.2) is 32.6 Å². The number of fused-ring (bicyclic) bond motifs is 1. The molecule has 12 heteroatoms. The van der Waals surface area contributed by atoms with Crippen molar-refractivity contribution >= 4 is 42.2 Å². The van der Waals surface area contributed by atoms with Crippen molar-refractivity contribution in [2.24, 2.45) is 4.99 Å². The van der Waals surface area contributed by atoms with Crippen LogP contribution in [0.15, 0.2) is 58.5 Å². The second-order valence-corrected chi connectivity index (χ2v) is 11.6. The van der Waals surface area contributed by atoms with Crippen LogP contribution in [0.25, 0.3) is 11.1 Å². The molecule has 0 aliphatic carbocycles. The molecule has 0 fully saturated rings. The highest BCUT2D eigenvalue weighted by molar-refractivity contribution is 8.07. The molecule has 0 spiro atoms. The smallest absolute Gasteiger partial charge is 0.232 e. The number of nitrogens with zero attached hydrogens (tertiary/aromatic N) is 2. The van der Waals surface area contributed by atoms with Gasteiger partial charge in [-0.15, -0.1) is 0 Å². The van der Waals surface area contributed by atoms with Gasteiger partial charge in [-0.1, -0.05) is 30.7 Å². The van der Waals surface area contributed by atoms with Crippen LogP contribution in [0.5, 0.6) is 0 Å². The Morgan fingerprint density at radius 3 is 2.41 bits per heavy atom. The molecular weight excluding hydrogens is 508 g/mol. The highest BCUT2D eigenvalue weighted by Crippen LogP contribution is 2.33. The lowest BCUT2D eigenvalue weighted by Crippen LogP contribution is -2.21. The van der Waals surface area contributed by atoms with Gasteiger partial charge in [-0.05, 0) is 42.3 Å². The summed E-state index contributed by atoms with van der Waals surface area (Å²) in [5, 5.41) is -0.0275. The molecule has 3 aromatic rings. The molecule has 2 aromatic carbocycles. The number of nitrogens with one attached hydrogen (secondary N) is 1. The third-order valence-electron chi connectivity index (χ3n) is 5.06. The van der Waals surface area contributed by atoms with Gasteiger partial charge in [-0.2, -0.15) is 0 Å². The summed E-state index contributed by atoms with van der Waals surface area (Å²) in [5.41, 5.74) is 1.04. The van der Waals surface area contributed by atoms with E-state index < -0.39 is 47.1 Å². The molecule has 178 valence electrons. The zero-order valence-electron chi connectivity index (χ0n) is 17.7. The first-order valence-electron chi connectivity index (χ1n) is 10.1. The van der Waals surface area contributed by atoms with Gasteiger partial charge in [-0.25, -0.2) is 25.6 Å². The summed E-state index contributed by atoms with van der Waals surface area (Å²) in [6, 6.07) is 9.81. The fraction of sp³-hybridized carbons (Fsp3) is 0.182. The molecule has 1 aromatic heterocycles. The van der Waals surface area contributed by atoms with E-state index in [0.717, 1.165) is 6.07 Å². The van der Waals surface area contributed by atoms with Gasteiger partial charge in [0.25, 0.3) is 0 Å². The molecule has 0 atom stereocenters. The summed E-state index contributed by atoms with van der Waals surface area (Å²) in [6.07, 6.45) is 1.79. The summed E-state index contributed by atoms with van der Waals surface area (Å²) < 4.78 is 82.6. The Bertz CT molecular complexity index is 1520. The van der Waals surface area contributed by atoms with E-state index in [0.29, 0.717) is 27.9 Å². The van der Waals surface area contributed by atoms with Gasteiger partial charge in [0.05, 0.1) is 23.7 Å². The maximum Gasteiger partial charge on any atom is 0.232 e. The lowest BCUT2D eigenvalue weighted by atomic mass is 10.1. The van der Waals surface area contributed by atoms with E-state index in [1.54, 1.807) is 31.2 Å². The number of pyridine rings is 1. The second-order valence-electron chi connectivity index (χ2n) is 7.51. The van der Waals surface area contributed by atoms with Crippen molar-refractivity contribution in [1.29, 1.82) is 0 Å². The Morgan fingerprint density at radius 1 is 1.03 bits per heavy atom. The Hall–Kier alpha value is -2.89. The normalized spacial score (nSPS) is 13.5. The van der Waals surface area contributed by atoms with E-state index in [4.69, 9.17) is 11.6 Å². The number of rotatable bonds is 6. The lowest BCUT2D eigenvalue weighted by molar-refractivity contribution is 0.525. The predicted octanol–water partition coefficient (Wildman–Crippen LogP) is 4.57. The molecule has 0 radical (unpaired) electrons. The first-order chi connectivity index (χ1) is 16.0. The van der Waals surface area contributed by atoms with Gasteiger partial charge in [0.15, 0.2) is 10.9 Å². The number of aliphatic imine (C=N–C) groups is 1. The molecule has 34 heavy (non-hydrogen) atoms. The van der Waals surface area contributed by atoms with Crippen LogP contribution in [0.1, 0.15) is 24.6 Å². The fourth-order valence-corrected chi connectivity index (χ4v) is 6.33. The molecule has 0 amide bonds. The number of benzene rings is 2. The van der Waals surface area contributed by atoms with Crippen molar-refractivity contribution in [2.75, 3.05) is 10.5 Å². The van der Waals surface area contributed by atoms with Gasteiger partial charge in [0.1, 0.15) is 10.7 Å². The summed E-state index contributed by atoms with van der Waals surface area (Å²) in [6.45, 7) is 1.52. The molecule has 0 bridgehead atoms. The van der Waals surface area contributed by atoms with Gasteiger partial charge < -0.3 is 0 Å². The molecule has 4 rings (SSSR count). The SMILES string of the molecule is CCCS(=O)(=O)Nc1ccc(F)c(S(=O)(=O)C2=NCc3ncc(-c4ccc(Cl)cc4)cc32)c1F. The maximum absolute atomic E-state index is 15.2. The molecule has 0 unspecified atom stereocenters. The largest absolute Gasteiger partial charge is 0.281 e. The topological polar surface area (TPSA) is 106 Å². The van der Waals surface area contributed by atoms with Crippen molar-refractivity contribution in [2.45, 2.75) is 24.8 Å². The molecular formula is C22H18ClF2N3O4S2. The zero-order valence-corrected chi connectivity index (χ0v) is 20.1. The predicted molar refractivity (Wildman–Crippen MR) is 126 cm³/mol. The standard InChI is InChI=1S/C22H18ClF2N3O4S2/c1-2-9-33(29,30)28-18-8-7-17(24)21(20(18)25)34(31,32)22-16-10-14(11-26-19(16)12-27-22)13-3-5-15(23)6-4-13/h3-8,10-11,28H,2,9,12H2,1H3. The Kier molecular flexibility index (Phi) is 6.45. The van der Waals surface area contributed by atoms with Crippen molar-refractivity contribution in [3.63, 3.8) is 0 Å². The van der Waals surface area contributed by atoms with Crippen molar-refractivity contribution < 1.29 is 25.6 Å². The van der Waals surface area contributed by atoms with E-state index in [2.05, 4.69) is 9.98 Å². The lowest BCUT2D eigenvalue weighted by Gasteiger charge is -2.13. The Labute approximate surface area is 200 Å². The summed E-state index contributed by atoms with van der Waals surface area (Å²) in [4.78, 5) is 6.96.